The Kier molecular flexibility index (Phi) is 2.66. The molecule has 0 radical (unpaired) electrons. The number of aldehydes is 1. The third-order valence-electron chi connectivity index (χ3n) is 2.62. The molecule has 0 atom stereocenters. The smallest absolute Gasteiger partial charge is 0.133 e. The van der Waals surface area contributed by atoms with E-state index in [-0.39, 0.29) is 5.54 Å². The van der Waals surface area contributed by atoms with Crippen LogP contribution in [0.1, 0.15) is 33.1 Å². The van der Waals surface area contributed by atoms with E-state index in [1.165, 1.54) is 19.3 Å². The second-order valence-electron chi connectivity index (χ2n) is 3.88. The van der Waals surface area contributed by atoms with Crippen LogP contribution in [0, 0.1) is 0 Å². The Balaban J connectivity index is 2.52. The largest absolute Gasteiger partial charge is 0.302 e. The van der Waals surface area contributed by atoms with Crippen molar-refractivity contribution in [2.24, 2.45) is 0 Å². The van der Waals surface area contributed by atoms with Gasteiger partial charge in [0, 0.05) is 5.54 Å². The molecule has 2 heteroatoms. The molecule has 0 N–H and O–H groups in total. The summed E-state index contributed by atoms with van der Waals surface area (Å²) in [4.78, 5) is 12.6. The van der Waals surface area contributed by atoms with Crippen LogP contribution in [-0.4, -0.2) is 29.8 Å². The molecule has 0 aliphatic carbocycles. The van der Waals surface area contributed by atoms with E-state index < -0.39 is 0 Å². The molecule has 1 aliphatic rings. The minimum absolute atomic E-state index is 0.249. The Morgan fingerprint density at radius 3 is 2.73 bits per heavy atom. The lowest BCUT2D eigenvalue weighted by atomic mass is 9.91. The van der Waals surface area contributed by atoms with E-state index in [9.17, 15) is 4.79 Å². The highest BCUT2D eigenvalue weighted by atomic mass is 16.1. The van der Waals surface area contributed by atoms with Crippen LogP contribution in [0.25, 0.3) is 0 Å². The van der Waals surface area contributed by atoms with Crippen molar-refractivity contribution in [3.63, 3.8) is 0 Å². The molecule has 0 amide bonds. The second kappa shape index (κ2) is 3.35. The fourth-order valence-corrected chi connectivity index (χ4v) is 1.75. The SMILES string of the molecule is CC1(C)CCCCN1CC=O. The summed E-state index contributed by atoms with van der Waals surface area (Å²) in [6.07, 6.45) is 4.79. The van der Waals surface area contributed by atoms with E-state index >= 15 is 0 Å². The van der Waals surface area contributed by atoms with Gasteiger partial charge in [-0.3, -0.25) is 4.90 Å². The van der Waals surface area contributed by atoms with Gasteiger partial charge in [0.25, 0.3) is 0 Å². The first-order chi connectivity index (χ1) is 5.17. The van der Waals surface area contributed by atoms with Gasteiger partial charge >= 0.3 is 0 Å². The summed E-state index contributed by atoms with van der Waals surface area (Å²) < 4.78 is 0. The van der Waals surface area contributed by atoms with Gasteiger partial charge in [-0.1, -0.05) is 6.42 Å². The number of nitrogens with zero attached hydrogens (tertiary/aromatic N) is 1. The molecular weight excluding hydrogens is 138 g/mol. The van der Waals surface area contributed by atoms with E-state index in [0.717, 1.165) is 12.8 Å². The van der Waals surface area contributed by atoms with Crippen molar-refractivity contribution in [2.45, 2.75) is 38.6 Å². The van der Waals surface area contributed by atoms with Crippen molar-refractivity contribution in [1.29, 1.82) is 0 Å². The van der Waals surface area contributed by atoms with Gasteiger partial charge < -0.3 is 4.79 Å². The van der Waals surface area contributed by atoms with E-state index in [1.807, 2.05) is 0 Å². The zero-order valence-corrected chi connectivity index (χ0v) is 7.47. The third kappa shape index (κ3) is 2.03. The van der Waals surface area contributed by atoms with Gasteiger partial charge in [-0.2, -0.15) is 0 Å². The van der Waals surface area contributed by atoms with Crippen LogP contribution in [0.4, 0.5) is 0 Å². The van der Waals surface area contributed by atoms with Crippen LogP contribution in [0.5, 0.6) is 0 Å². The van der Waals surface area contributed by atoms with Crippen molar-refractivity contribution in [3.8, 4) is 0 Å². The van der Waals surface area contributed by atoms with Crippen LogP contribution in [0.2, 0.25) is 0 Å². The van der Waals surface area contributed by atoms with Crippen LogP contribution in [-0.2, 0) is 4.79 Å². The number of carbonyl (C=O) groups is 1. The van der Waals surface area contributed by atoms with Crippen LogP contribution >= 0.6 is 0 Å². The predicted octanol–water partition coefficient (Wildman–Crippen LogP) is 1.45. The quantitative estimate of drug-likeness (QED) is 0.562. The predicted molar refractivity (Wildman–Crippen MR) is 45.6 cm³/mol. The Bertz CT molecular complexity index is 142. The van der Waals surface area contributed by atoms with Gasteiger partial charge in [-0.25, -0.2) is 0 Å². The average molecular weight is 155 g/mol. The molecule has 0 aromatic rings. The number of likely N-dealkylation sites (tertiary alicyclic amines) is 1. The first kappa shape index (κ1) is 8.72. The summed E-state index contributed by atoms with van der Waals surface area (Å²) >= 11 is 0. The molecule has 1 fully saturated rings. The molecule has 0 aromatic carbocycles. The van der Waals surface area contributed by atoms with E-state index in [0.29, 0.717) is 6.54 Å². The minimum atomic E-state index is 0.249. The van der Waals surface area contributed by atoms with Crippen molar-refractivity contribution < 1.29 is 4.79 Å². The average Bonchev–Trinajstić information content (AvgIpc) is 1.94. The van der Waals surface area contributed by atoms with Gasteiger partial charge in [0.1, 0.15) is 6.29 Å². The fraction of sp³-hybridized carbons (Fsp3) is 0.889. The van der Waals surface area contributed by atoms with Crippen molar-refractivity contribution in [1.82, 2.24) is 4.90 Å². The normalized spacial score (nSPS) is 24.9. The van der Waals surface area contributed by atoms with Crippen LogP contribution in [0.3, 0.4) is 0 Å². The molecule has 0 spiro atoms. The Hall–Kier alpha value is -0.370. The third-order valence-corrected chi connectivity index (χ3v) is 2.62. The number of carbonyl (C=O) groups excluding carboxylic acids is 1. The van der Waals surface area contributed by atoms with Crippen molar-refractivity contribution in [2.75, 3.05) is 13.1 Å². The van der Waals surface area contributed by atoms with E-state index in [2.05, 4.69) is 18.7 Å². The van der Waals surface area contributed by atoms with Crippen molar-refractivity contribution in [3.05, 3.63) is 0 Å². The minimum Gasteiger partial charge on any atom is -0.302 e. The second-order valence-corrected chi connectivity index (χ2v) is 3.88. The maximum Gasteiger partial charge on any atom is 0.133 e. The first-order valence-corrected chi connectivity index (χ1v) is 4.35. The molecule has 0 saturated carbocycles. The number of rotatable bonds is 2. The lowest BCUT2D eigenvalue weighted by Crippen LogP contribution is -2.48. The molecule has 0 unspecified atom stereocenters. The van der Waals surface area contributed by atoms with Crippen LogP contribution in [0.15, 0.2) is 0 Å². The highest BCUT2D eigenvalue weighted by Crippen LogP contribution is 2.26. The Morgan fingerprint density at radius 1 is 1.45 bits per heavy atom. The molecule has 0 aromatic heterocycles. The van der Waals surface area contributed by atoms with Gasteiger partial charge in [-0.15, -0.1) is 0 Å². The van der Waals surface area contributed by atoms with Crippen LogP contribution < -0.4 is 0 Å². The fourth-order valence-electron chi connectivity index (χ4n) is 1.75. The zero-order chi connectivity index (χ0) is 8.32. The zero-order valence-electron chi connectivity index (χ0n) is 7.47. The number of hydrogen-bond donors (Lipinski definition) is 0. The number of piperidine rings is 1. The summed E-state index contributed by atoms with van der Waals surface area (Å²) in [5.41, 5.74) is 0.249. The Labute approximate surface area is 68.6 Å². The summed E-state index contributed by atoms with van der Waals surface area (Å²) in [5, 5.41) is 0. The topological polar surface area (TPSA) is 20.3 Å². The van der Waals surface area contributed by atoms with E-state index in [4.69, 9.17) is 0 Å². The number of hydrogen-bond acceptors (Lipinski definition) is 2. The molecule has 1 aliphatic heterocycles. The highest BCUT2D eigenvalue weighted by molar-refractivity contribution is 5.52. The molecule has 1 rings (SSSR count). The highest BCUT2D eigenvalue weighted by Gasteiger charge is 2.28. The van der Waals surface area contributed by atoms with Crippen molar-refractivity contribution >= 4 is 6.29 Å². The summed E-state index contributed by atoms with van der Waals surface area (Å²) in [5.74, 6) is 0. The molecule has 0 bridgehead atoms. The maximum atomic E-state index is 10.3. The first-order valence-electron chi connectivity index (χ1n) is 4.35. The standard InChI is InChI=1S/C9H17NO/c1-9(2)5-3-4-6-10(9)7-8-11/h8H,3-7H2,1-2H3. The van der Waals surface area contributed by atoms with Gasteiger partial charge in [0.05, 0.1) is 6.54 Å². The van der Waals surface area contributed by atoms with Gasteiger partial charge in [-0.05, 0) is 33.2 Å². The molecule has 1 saturated heterocycles. The molecule has 1 heterocycles. The Morgan fingerprint density at radius 2 is 2.18 bits per heavy atom. The lowest BCUT2D eigenvalue weighted by Gasteiger charge is -2.41. The molecular formula is C9H17NO. The molecule has 11 heavy (non-hydrogen) atoms. The van der Waals surface area contributed by atoms with E-state index in [1.54, 1.807) is 0 Å². The summed E-state index contributed by atoms with van der Waals surface area (Å²) in [7, 11) is 0. The molecule has 64 valence electrons. The summed E-state index contributed by atoms with van der Waals surface area (Å²) in [6, 6.07) is 0. The van der Waals surface area contributed by atoms with Gasteiger partial charge in [0.2, 0.25) is 0 Å². The van der Waals surface area contributed by atoms with Gasteiger partial charge in [0.15, 0.2) is 0 Å². The monoisotopic (exact) mass is 155 g/mol. The molecule has 2 nitrogen and oxygen atoms in total. The maximum absolute atomic E-state index is 10.3. The summed E-state index contributed by atoms with van der Waals surface area (Å²) in [6.45, 7) is 6.13. The lowest BCUT2D eigenvalue weighted by molar-refractivity contribution is -0.110.